The molecule has 102 valence electrons. The fourth-order valence-corrected chi connectivity index (χ4v) is 2.62. The van der Waals surface area contributed by atoms with Crippen molar-refractivity contribution in [3.8, 4) is 0 Å². The molecule has 0 radical (unpaired) electrons. The first-order valence-electron chi connectivity index (χ1n) is 6.76. The maximum atomic E-state index is 13.8. The van der Waals surface area contributed by atoms with Gasteiger partial charge in [-0.05, 0) is 44.0 Å². The van der Waals surface area contributed by atoms with Crippen molar-refractivity contribution in [1.29, 1.82) is 0 Å². The Balaban J connectivity index is 3.01. The lowest BCUT2D eigenvalue weighted by Gasteiger charge is -2.27. The summed E-state index contributed by atoms with van der Waals surface area (Å²) in [5.41, 5.74) is 0.449. The fraction of sp³-hybridized carbons (Fsp3) is 0.600. The van der Waals surface area contributed by atoms with E-state index in [1.807, 2.05) is 7.05 Å². The van der Waals surface area contributed by atoms with E-state index in [0.29, 0.717) is 11.5 Å². The molecule has 0 bridgehead atoms. The van der Waals surface area contributed by atoms with E-state index in [1.54, 1.807) is 0 Å². The van der Waals surface area contributed by atoms with Crippen molar-refractivity contribution in [3.05, 3.63) is 35.4 Å². The quantitative estimate of drug-likeness (QED) is 0.759. The molecule has 18 heavy (non-hydrogen) atoms. The molecule has 1 aromatic carbocycles. The minimum Gasteiger partial charge on any atom is -0.313 e. The fourth-order valence-electron chi connectivity index (χ4n) is 2.62. The Labute approximate surface area is 109 Å². The Hall–Kier alpha value is -0.960. The molecule has 0 aliphatic carbocycles. The molecule has 0 saturated carbocycles. The molecule has 0 amide bonds. The molecule has 0 saturated heterocycles. The highest BCUT2D eigenvalue weighted by Crippen LogP contribution is 2.31. The van der Waals surface area contributed by atoms with E-state index in [1.165, 1.54) is 18.2 Å². The molecule has 1 nitrogen and oxygen atoms in total. The van der Waals surface area contributed by atoms with Crippen LogP contribution in [0.2, 0.25) is 0 Å². The third kappa shape index (κ3) is 3.77. The molecular formula is C15H23F2N. The molecule has 0 aliphatic heterocycles. The monoisotopic (exact) mass is 255 g/mol. The minimum atomic E-state index is -0.376. The number of halogens is 2. The van der Waals surface area contributed by atoms with Crippen LogP contribution in [0.25, 0.3) is 0 Å². The summed E-state index contributed by atoms with van der Waals surface area (Å²) >= 11 is 0. The largest absolute Gasteiger partial charge is 0.313 e. The molecule has 1 unspecified atom stereocenters. The van der Waals surface area contributed by atoms with Gasteiger partial charge in [0.1, 0.15) is 11.6 Å². The second kappa shape index (κ2) is 7.47. The first-order chi connectivity index (χ1) is 8.63. The number of hydrogen-bond donors (Lipinski definition) is 1. The summed E-state index contributed by atoms with van der Waals surface area (Å²) in [5, 5.41) is 3.15. The summed E-state index contributed by atoms with van der Waals surface area (Å²) in [7, 11) is 1.81. The van der Waals surface area contributed by atoms with Gasteiger partial charge < -0.3 is 5.32 Å². The Kier molecular flexibility index (Phi) is 6.27. The van der Waals surface area contributed by atoms with E-state index in [0.717, 1.165) is 25.7 Å². The number of rotatable bonds is 7. The Morgan fingerprint density at radius 1 is 1.11 bits per heavy atom. The number of benzene rings is 1. The van der Waals surface area contributed by atoms with Crippen LogP contribution in [-0.2, 0) is 0 Å². The molecule has 1 atom stereocenters. The topological polar surface area (TPSA) is 12.0 Å². The van der Waals surface area contributed by atoms with Gasteiger partial charge in [-0.2, -0.15) is 0 Å². The van der Waals surface area contributed by atoms with Crippen LogP contribution in [0.1, 0.15) is 51.1 Å². The zero-order chi connectivity index (χ0) is 13.5. The second-order valence-electron chi connectivity index (χ2n) is 4.77. The molecule has 1 rings (SSSR count). The first kappa shape index (κ1) is 15.1. The van der Waals surface area contributed by atoms with Gasteiger partial charge in [0.25, 0.3) is 0 Å². The van der Waals surface area contributed by atoms with Gasteiger partial charge >= 0.3 is 0 Å². The Morgan fingerprint density at radius 3 is 2.22 bits per heavy atom. The number of nitrogens with one attached hydrogen (secondary N) is 1. The normalized spacial score (nSPS) is 13.0. The molecule has 0 aromatic heterocycles. The summed E-state index contributed by atoms with van der Waals surface area (Å²) < 4.78 is 27.1. The highest BCUT2D eigenvalue weighted by molar-refractivity contribution is 5.23. The zero-order valence-electron chi connectivity index (χ0n) is 11.5. The summed E-state index contributed by atoms with van der Waals surface area (Å²) in [4.78, 5) is 0. The third-order valence-corrected chi connectivity index (χ3v) is 3.39. The lowest BCUT2D eigenvalue weighted by molar-refractivity contribution is 0.322. The molecule has 0 heterocycles. The van der Waals surface area contributed by atoms with Crippen molar-refractivity contribution in [2.45, 2.75) is 45.6 Å². The van der Waals surface area contributed by atoms with Gasteiger partial charge in [-0.25, -0.2) is 8.78 Å². The smallest absolute Gasteiger partial charge is 0.128 e. The van der Waals surface area contributed by atoms with Crippen LogP contribution in [0.15, 0.2) is 18.2 Å². The van der Waals surface area contributed by atoms with Crippen molar-refractivity contribution >= 4 is 0 Å². The number of hydrogen-bond acceptors (Lipinski definition) is 1. The highest BCUT2D eigenvalue weighted by Gasteiger charge is 2.23. The van der Waals surface area contributed by atoms with Crippen LogP contribution in [0.5, 0.6) is 0 Å². The molecule has 0 spiro atoms. The molecule has 0 aliphatic rings. The molecule has 1 N–H and O–H groups in total. The van der Waals surface area contributed by atoms with Crippen LogP contribution in [-0.4, -0.2) is 7.05 Å². The average molecular weight is 255 g/mol. The predicted molar refractivity (Wildman–Crippen MR) is 71.5 cm³/mol. The molecule has 0 fully saturated rings. The highest BCUT2D eigenvalue weighted by atomic mass is 19.1. The second-order valence-corrected chi connectivity index (χ2v) is 4.77. The van der Waals surface area contributed by atoms with Crippen molar-refractivity contribution in [2.75, 3.05) is 7.05 Å². The van der Waals surface area contributed by atoms with Gasteiger partial charge in [0.15, 0.2) is 0 Å². The van der Waals surface area contributed by atoms with Gasteiger partial charge in [0.05, 0.1) is 0 Å². The van der Waals surface area contributed by atoms with Gasteiger partial charge in [-0.15, -0.1) is 0 Å². The Morgan fingerprint density at radius 2 is 1.72 bits per heavy atom. The van der Waals surface area contributed by atoms with Gasteiger partial charge in [0, 0.05) is 11.6 Å². The first-order valence-corrected chi connectivity index (χ1v) is 6.76. The zero-order valence-corrected chi connectivity index (χ0v) is 11.5. The van der Waals surface area contributed by atoms with E-state index < -0.39 is 0 Å². The Bertz CT molecular complexity index is 360. The predicted octanol–water partition coefficient (Wildman–Crippen LogP) is 4.44. The van der Waals surface area contributed by atoms with Crippen molar-refractivity contribution < 1.29 is 8.78 Å². The lowest BCUT2D eigenvalue weighted by atomic mass is 9.86. The van der Waals surface area contributed by atoms with E-state index in [2.05, 4.69) is 19.2 Å². The van der Waals surface area contributed by atoms with Gasteiger partial charge in [-0.3, -0.25) is 0 Å². The van der Waals surface area contributed by atoms with Crippen LogP contribution in [0, 0.1) is 17.6 Å². The standard InChI is InChI=1S/C15H23F2N/c1-4-6-11(7-5-2)15(18-3)13-10-12(16)8-9-14(13)17/h8-11,15,18H,4-7H2,1-3H3. The van der Waals surface area contributed by atoms with Crippen LogP contribution < -0.4 is 5.32 Å². The molecule has 3 heteroatoms. The molecule has 1 aromatic rings. The van der Waals surface area contributed by atoms with Crippen LogP contribution >= 0.6 is 0 Å². The SMILES string of the molecule is CCCC(CCC)C(NC)c1cc(F)ccc1F. The molecular weight excluding hydrogens is 232 g/mol. The van der Waals surface area contributed by atoms with Crippen molar-refractivity contribution in [3.63, 3.8) is 0 Å². The van der Waals surface area contributed by atoms with E-state index in [-0.39, 0.29) is 17.7 Å². The van der Waals surface area contributed by atoms with Gasteiger partial charge in [0.2, 0.25) is 0 Å². The van der Waals surface area contributed by atoms with Crippen molar-refractivity contribution in [2.24, 2.45) is 5.92 Å². The van der Waals surface area contributed by atoms with Crippen LogP contribution in [0.3, 0.4) is 0 Å². The summed E-state index contributed by atoms with van der Waals surface area (Å²) in [6.07, 6.45) is 4.16. The maximum Gasteiger partial charge on any atom is 0.128 e. The van der Waals surface area contributed by atoms with Gasteiger partial charge in [-0.1, -0.05) is 26.7 Å². The maximum absolute atomic E-state index is 13.8. The van der Waals surface area contributed by atoms with Crippen LogP contribution in [0.4, 0.5) is 8.78 Å². The summed E-state index contributed by atoms with van der Waals surface area (Å²) in [5.74, 6) is -0.354. The summed E-state index contributed by atoms with van der Waals surface area (Å²) in [6.45, 7) is 4.24. The van der Waals surface area contributed by atoms with Crippen molar-refractivity contribution in [1.82, 2.24) is 5.32 Å². The minimum absolute atomic E-state index is 0.111. The van der Waals surface area contributed by atoms with E-state index in [9.17, 15) is 8.78 Å². The summed E-state index contributed by atoms with van der Waals surface area (Å²) in [6, 6.07) is 3.58. The van der Waals surface area contributed by atoms with E-state index >= 15 is 0 Å². The lowest BCUT2D eigenvalue weighted by Crippen LogP contribution is -2.26. The van der Waals surface area contributed by atoms with E-state index in [4.69, 9.17) is 0 Å². The average Bonchev–Trinajstić information content (AvgIpc) is 2.35. The third-order valence-electron chi connectivity index (χ3n) is 3.39.